The van der Waals surface area contributed by atoms with Gasteiger partial charge in [0.05, 0.1) is 0 Å². The van der Waals surface area contributed by atoms with E-state index in [0.717, 1.165) is 5.69 Å². The van der Waals surface area contributed by atoms with Crippen LogP contribution in [0.3, 0.4) is 0 Å². The SMILES string of the molecule is O=C(NC/C=C/CCl)Nc1ccccc1. The molecule has 1 rings (SSSR count). The van der Waals surface area contributed by atoms with Gasteiger partial charge in [-0.15, -0.1) is 11.6 Å². The molecule has 0 atom stereocenters. The molecule has 0 fully saturated rings. The van der Waals surface area contributed by atoms with E-state index >= 15 is 0 Å². The number of carbonyl (C=O) groups is 1. The zero-order valence-electron chi connectivity index (χ0n) is 8.24. The predicted molar refractivity (Wildman–Crippen MR) is 63.3 cm³/mol. The van der Waals surface area contributed by atoms with Crippen LogP contribution in [0, 0.1) is 0 Å². The van der Waals surface area contributed by atoms with Gasteiger partial charge in [0, 0.05) is 18.1 Å². The summed E-state index contributed by atoms with van der Waals surface area (Å²) in [5.74, 6) is 0.460. The van der Waals surface area contributed by atoms with Crippen LogP contribution >= 0.6 is 11.6 Å². The molecule has 0 saturated carbocycles. The Morgan fingerprint density at radius 3 is 2.67 bits per heavy atom. The van der Waals surface area contributed by atoms with E-state index in [-0.39, 0.29) is 6.03 Å². The first-order valence-electron chi connectivity index (χ1n) is 4.64. The van der Waals surface area contributed by atoms with Gasteiger partial charge in [-0.05, 0) is 12.1 Å². The molecule has 80 valence electrons. The third-order valence-corrected chi connectivity index (χ3v) is 1.85. The van der Waals surface area contributed by atoms with Crippen LogP contribution < -0.4 is 10.6 Å². The maximum Gasteiger partial charge on any atom is 0.319 e. The first kappa shape index (κ1) is 11.6. The molecule has 1 aromatic rings. The van der Waals surface area contributed by atoms with Gasteiger partial charge in [-0.1, -0.05) is 30.4 Å². The summed E-state index contributed by atoms with van der Waals surface area (Å²) in [4.78, 5) is 11.3. The minimum absolute atomic E-state index is 0.222. The maximum absolute atomic E-state index is 11.3. The smallest absolute Gasteiger partial charge is 0.319 e. The summed E-state index contributed by atoms with van der Waals surface area (Å²) in [5, 5.41) is 5.37. The highest BCUT2D eigenvalue weighted by Crippen LogP contribution is 2.03. The summed E-state index contributed by atoms with van der Waals surface area (Å²) in [6.45, 7) is 0.478. The molecule has 0 aliphatic carbocycles. The van der Waals surface area contributed by atoms with E-state index in [4.69, 9.17) is 11.6 Å². The summed E-state index contributed by atoms with van der Waals surface area (Å²) in [6, 6.07) is 9.06. The van der Waals surface area contributed by atoms with Crippen LogP contribution in [-0.2, 0) is 0 Å². The Bertz CT molecular complexity index is 325. The minimum Gasteiger partial charge on any atom is -0.334 e. The van der Waals surface area contributed by atoms with E-state index in [1.165, 1.54) is 0 Å². The highest BCUT2D eigenvalue weighted by Gasteiger charge is 1.97. The lowest BCUT2D eigenvalue weighted by Gasteiger charge is -2.04. The Hall–Kier alpha value is -1.48. The quantitative estimate of drug-likeness (QED) is 0.599. The number of nitrogens with one attached hydrogen (secondary N) is 2. The van der Waals surface area contributed by atoms with Gasteiger partial charge in [0.1, 0.15) is 0 Å². The van der Waals surface area contributed by atoms with Crippen LogP contribution in [0.4, 0.5) is 10.5 Å². The van der Waals surface area contributed by atoms with E-state index in [1.807, 2.05) is 30.3 Å². The van der Waals surface area contributed by atoms with Crippen molar-refractivity contribution < 1.29 is 4.79 Å². The normalized spacial score (nSPS) is 10.2. The lowest BCUT2D eigenvalue weighted by Crippen LogP contribution is -2.28. The number of carbonyl (C=O) groups excluding carboxylic acids is 1. The van der Waals surface area contributed by atoms with Crippen LogP contribution in [0.1, 0.15) is 0 Å². The second kappa shape index (κ2) is 6.90. The first-order chi connectivity index (χ1) is 7.33. The van der Waals surface area contributed by atoms with Gasteiger partial charge >= 0.3 is 6.03 Å². The summed E-state index contributed by atoms with van der Waals surface area (Å²) < 4.78 is 0. The van der Waals surface area contributed by atoms with E-state index < -0.39 is 0 Å². The van der Waals surface area contributed by atoms with Crippen molar-refractivity contribution in [3.63, 3.8) is 0 Å². The minimum atomic E-state index is -0.222. The van der Waals surface area contributed by atoms with Crippen LogP contribution in [0.5, 0.6) is 0 Å². The van der Waals surface area contributed by atoms with Crippen molar-refractivity contribution in [1.82, 2.24) is 5.32 Å². The van der Waals surface area contributed by atoms with Gasteiger partial charge < -0.3 is 10.6 Å². The van der Waals surface area contributed by atoms with Gasteiger partial charge in [0.15, 0.2) is 0 Å². The lowest BCUT2D eigenvalue weighted by molar-refractivity contribution is 0.253. The van der Waals surface area contributed by atoms with Crippen LogP contribution in [0.25, 0.3) is 0 Å². The fraction of sp³-hybridized carbons (Fsp3) is 0.182. The van der Waals surface area contributed by atoms with Gasteiger partial charge in [-0.2, -0.15) is 0 Å². The first-order valence-corrected chi connectivity index (χ1v) is 5.17. The number of allylic oxidation sites excluding steroid dienone is 1. The summed E-state index contributed by atoms with van der Waals surface area (Å²) >= 11 is 5.43. The molecule has 2 amide bonds. The fourth-order valence-electron chi connectivity index (χ4n) is 0.995. The van der Waals surface area contributed by atoms with Gasteiger partial charge in [-0.25, -0.2) is 4.79 Å². The Labute approximate surface area is 94.1 Å². The third-order valence-electron chi connectivity index (χ3n) is 1.67. The molecule has 4 heteroatoms. The topological polar surface area (TPSA) is 41.1 Å². The number of rotatable bonds is 4. The van der Waals surface area contributed by atoms with Crippen molar-refractivity contribution >= 4 is 23.3 Å². The molecule has 3 nitrogen and oxygen atoms in total. The highest BCUT2D eigenvalue weighted by molar-refractivity contribution is 6.18. The van der Waals surface area contributed by atoms with Crippen molar-refractivity contribution in [3.8, 4) is 0 Å². The zero-order chi connectivity index (χ0) is 10.9. The van der Waals surface area contributed by atoms with Gasteiger partial charge in [0.25, 0.3) is 0 Å². The molecule has 1 aromatic carbocycles. The number of hydrogen-bond donors (Lipinski definition) is 2. The van der Waals surface area contributed by atoms with Crippen molar-refractivity contribution in [2.24, 2.45) is 0 Å². The van der Waals surface area contributed by atoms with Crippen molar-refractivity contribution in [3.05, 3.63) is 42.5 Å². The van der Waals surface area contributed by atoms with Crippen molar-refractivity contribution in [2.75, 3.05) is 17.7 Å². The Kier molecular flexibility index (Phi) is 5.33. The van der Waals surface area contributed by atoms with Crippen LogP contribution in [-0.4, -0.2) is 18.5 Å². The molecule has 0 spiro atoms. The van der Waals surface area contributed by atoms with Gasteiger partial charge in [-0.3, -0.25) is 0 Å². The molecular weight excluding hydrogens is 212 g/mol. The Morgan fingerprint density at radius 2 is 2.00 bits per heavy atom. The number of alkyl halides is 1. The molecule has 0 bridgehead atoms. The predicted octanol–water partition coefficient (Wildman–Crippen LogP) is 2.60. The third kappa shape index (κ3) is 5.08. The average Bonchev–Trinajstić information content (AvgIpc) is 2.26. The van der Waals surface area contributed by atoms with E-state index in [0.29, 0.717) is 12.4 Å². The fourth-order valence-corrected chi connectivity index (χ4v) is 1.12. The number of para-hydroxylation sites is 1. The number of benzene rings is 1. The van der Waals surface area contributed by atoms with Crippen LogP contribution in [0.2, 0.25) is 0 Å². The number of urea groups is 1. The van der Waals surface area contributed by atoms with Crippen LogP contribution in [0.15, 0.2) is 42.5 Å². The lowest BCUT2D eigenvalue weighted by atomic mass is 10.3. The second-order valence-electron chi connectivity index (χ2n) is 2.83. The summed E-state index contributed by atoms with van der Waals surface area (Å²) in [6.07, 6.45) is 3.59. The zero-order valence-corrected chi connectivity index (χ0v) is 9.00. The molecule has 0 aliphatic heterocycles. The van der Waals surface area contributed by atoms with E-state index in [1.54, 1.807) is 12.2 Å². The Morgan fingerprint density at radius 1 is 1.27 bits per heavy atom. The number of halogens is 1. The molecule has 2 N–H and O–H groups in total. The molecule has 0 aromatic heterocycles. The van der Waals surface area contributed by atoms with Gasteiger partial charge in [0.2, 0.25) is 0 Å². The standard InChI is InChI=1S/C11H13ClN2O/c12-8-4-5-9-13-11(15)14-10-6-2-1-3-7-10/h1-7H,8-9H2,(H2,13,14,15)/b5-4+. The molecule has 0 saturated heterocycles. The van der Waals surface area contributed by atoms with Crippen molar-refractivity contribution in [2.45, 2.75) is 0 Å². The summed E-state index contributed by atoms with van der Waals surface area (Å²) in [5.41, 5.74) is 0.774. The molecule has 0 unspecified atom stereocenters. The highest BCUT2D eigenvalue weighted by atomic mass is 35.5. The van der Waals surface area contributed by atoms with E-state index in [9.17, 15) is 4.79 Å². The number of amides is 2. The maximum atomic E-state index is 11.3. The number of hydrogen-bond acceptors (Lipinski definition) is 1. The summed E-state index contributed by atoms with van der Waals surface area (Å²) in [7, 11) is 0. The van der Waals surface area contributed by atoms with E-state index in [2.05, 4.69) is 10.6 Å². The Balaban J connectivity index is 2.28. The molecular formula is C11H13ClN2O. The average molecular weight is 225 g/mol. The van der Waals surface area contributed by atoms with Crippen molar-refractivity contribution in [1.29, 1.82) is 0 Å². The molecule has 0 aliphatic rings. The monoisotopic (exact) mass is 224 g/mol. The molecule has 0 radical (unpaired) electrons. The largest absolute Gasteiger partial charge is 0.334 e. The second-order valence-corrected chi connectivity index (χ2v) is 3.14. The molecule has 0 heterocycles. The number of anilines is 1. The molecule has 15 heavy (non-hydrogen) atoms.